The summed E-state index contributed by atoms with van der Waals surface area (Å²) in [6.07, 6.45) is 0. The molecular formula is C16H11Cl2N3O. The van der Waals surface area contributed by atoms with Crippen LogP contribution in [0.4, 0.5) is 5.69 Å². The lowest BCUT2D eigenvalue weighted by atomic mass is 10.1. The third-order valence-electron chi connectivity index (χ3n) is 2.85. The molecule has 0 fully saturated rings. The van der Waals surface area contributed by atoms with Gasteiger partial charge in [0.2, 0.25) is 11.5 Å². The zero-order valence-corrected chi connectivity index (χ0v) is 13.1. The fourth-order valence-electron chi connectivity index (χ4n) is 1.66. The molecule has 0 spiro atoms. The Morgan fingerprint density at radius 1 is 1.18 bits per heavy atom. The van der Waals surface area contributed by atoms with Gasteiger partial charge in [0, 0.05) is 10.6 Å². The van der Waals surface area contributed by atoms with E-state index in [9.17, 15) is 4.79 Å². The third kappa shape index (κ3) is 3.85. The maximum absolute atomic E-state index is 12.2. The standard InChI is InChI=1S/C16H11Cl2N3O/c1-10-2-4-11(5-3-10)16(22)15(9-19)21-20-14-7-6-12(17)8-13(14)18/h2-8,20H,1H3/b21-15+. The summed E-state index contributed by atoms with van der Waals surface area (Å²) in [6, 6.07) is 13.5. The number of hydrogen-bond donors (Lipinski definition) is 1. The molecule has 0 unspecified atom stereocenters. The van der Waals surface area contributed by atoms with Crippen LogP contribution in [0.2, 0.25) is 10.0 Å². The monoisotopic (exact) mass is 331 g/mol. The fraction of sp³-hybridized carbons (Fsp3) is 0.0625. The molecule has 110 valence electrons. The highest BCUT2D eigenvalue weighted by Gasteiger charge is 2.14. The lowest BCUT2D eigenvalue weighted by Crippen LogP contribution is -2.14. The second-order valence-corrected chi connectivity index (χ2v) is 5.35. The largest absolute Gasteiger partial charge is 0.286 e. The Hall–Kier alpha value is -2.35. The molecule has 0 saturated heterocycles. The van der Waals surface area contributed by atoms with E-state index in [2.05, 4.69) is 10.5 Å². The Kier molecular flexibility index (Phi) is 5.16. The minimum atomic E-state index is -0.458. The minimum Gasteiger partial charge on any atom is -0.286 e. The molecule has 0 aromatic heterocycles. The van der Waals surface area contributed by atoms with Crippen molar-refractivity contribution in [2.45, 2.75) is 6.92 Å². The van der Waals surface area contributed by atoms with E-state index in [4.69, 9.17) is 28.5 Å². The zero-order valence-electron chi connectivity index (χ0n) is 11.6. The molecule has 4 nitrogen and oxygen atoms in total. The summed E-state index contributed by atoms with van der Waals surface area (Å²) in [5, 5.41) is 13.8. The van der Waals surface area contributed by atoms with Crippen LogP contribution in [0.15, 0.2) is 47.6 Å². The van der Waals surface area contributed by atoms with Crippen LogP contribution in [-0.4, -0.2) is 11.5 Å². The van der Waals surface area contributed by atoms with Crippen molar-refractivity contribution < 1.29 is 4.79 Å². The van der Waals surface area contributed by atoms with E-state index in [0.29, 0.717) is 21.3 Å². The molecule has 0 saturated carbocycles. The highest BCUT2D eigenvalue weighted by Crippen LogP contribution is 2.25. The number of Topliss-reactive ketones (excluding diaryl/α,β-unsaturated/α-hetero) is 1. The molecule has 2 rings (SSSR count). The number of anilines is 1. The normalized spacial score (nSPS) is 10.9. The molecule has 0 heterocycles. The Balaban J connectivity index is 2.22. The maximum atomic E-state index is 12.2. The first-order valence-electron chi connectivity index (χ1n) is 6.31. The Labute approximate surface area is 138 Å². The molecular weight excluding hydrogens is 321 g/mol. The predicted molar refractivity (Wildman–Crippen MR) is 88.6 cm³/mol. The lowest BCUT2D eigenvalue weighted by molar-refractivity contribution is 0.106. The van der Waals surface area contributed by atoms with Crippen molar-refractivity contribution in [3.8, 4) is 6.07 Å². The van der Waals surface area contributed by atoms with Crippen molar-refractivity contribution in [1.82, 2.24) is 0 Å². The van der Waals surface area contributed by atoms with E-state index in [1.807, 2.05) is 6.92 Å². The summed E-state index contributed by atoms with van der Waals surface area (Å²) in [5.74, 6) is -0.458. The number of nitrogens with zero attached hydrogens (tertiary/aromatic N) is 2. The van der Waals surface area contributed by atoms with Gasteiger partial charge in [0.1, 0.15) is 6.07 Å². The van der Waals surface area contributed by atoms with Crippen molar-refractivity contribution in [2.24, 2.45) is 5.10 Å². The van der Waals surface area contributed by atoms with Gasteiger partial charge in [-0.3, -0.25) is 10.2 Å². The Morgan fingerprint density at radius 3 is 2.45 bits per heavy atom. The van der Waals surface area contributed by atoms with Crippen molar-refractivity contribution >= 4 is 40.4 Å². The summed E-state index contributed by atoms with van der Waals surface area (Å²) < 4.78 is 0. The quantitative estimate of drug-likeness (QED) is 0.510. The van der Waals surface area contributed by atoms with Crippen molar-refractivity contribution in [1.29, 1.82) is 5.26 Å². The molecule has 0 amide bonds. The van der Waals surface area contributed by atoms with Crippen LogP contribution in [0.5, 0.6) is 0 Å². The average Bonchev–Trinajstić information content (AvgIpc) is 2.50. The molecule has 2 aromatic rings. The van der Waals surface area contributed by atoms with E-state index in [-0.39, 0.29) is 5.71 Å². The Bertz CT molecular complexity index is 777. The van der Waals surface area contributed by atoms with Crippen LogP contribution in [0.3, 0.4) is 0 Å². The highest BCUT2D eigenvalue weighted by atomic mass is 35.5. The van der Waals surface area contributed by atoms with Crippen molar-refractivity contribution in [2.75, 3.05) is 5.43 Å². The molecule has 2 aromatic carbocycles. The van der Waals surface area contributed by atoms with Gasteiger partial charge in [-0.05, 0) is 25.1 Å². The zero-order chi connectivity index (χ0) is 16.1. The summed E-state index contributed by atoms with van der Waals surface area (Å²) in [6.45, 7) is 1.91. The number of aryl methyl sites for hydroxylation is 1. The van der Waals surface area contributed by atoms with Gasteiger partial charge in [0.25, 0.3) is 0 Å². The highest BCUT2D eigenvalue weighted by molar-refractivity contribution is 6.51. The topological polar surface area (TPSA) is 65.2 Å². The van der Waals surface area contributed by atoms with Crippen LogP contribution in [-0.2, 0) is 0 Å². The van der Waals surface area contributed by atoms with Crippen LogP contribution >= 0.6 is 23.2 Å². The number of benzene rings is 2. The number of nitriles is 1. The van der Waals surface area contributed by atoms with Crippen molar-refractivity contribution in [3.05, 3.63) is 63.6 Å². The molecule has 0 aliphatic heterocycles. The third-order valence-corrected chi connectivity index (χ3v) is 3.40. The predicted octanol–water partition coefficient (Wildman–Crippen LogP) is 4.48. The van der Waals surface area contributed by atoms with Gasteiger partial charge in [-0.25, -0.2) is 0 Å². The fourth-order valence-corrected chi connectivity index (χ4v) is 2.12. The average molecular weight is 332 g/mol. The number of nitrogens with one attached hydrogen (secondary N) is 1. The second kappa shape index (κ2) is 7.08. The van der Waals surface area contributed by atoms with Gasteiger partial charge in [-0.2, -0.15) is 10.4 Å². The molecule has 6 heteroatoms. The lowest BCUT2D eigenvalue weighted by Gasteiger charge is -2.04. The van der Waals surface area contributed by atoms with Crippen molar-refractivity contribution in [3.63, 3.8) is 0 Å². The van der Waals surface area contributed by atoms with Gasteiger partial charge in [-0.15, -0.1) is 0 Å². The van der Waals surface area contributed by atoms with Crippen LogP contribution in [0.25, 0.3) is 0 Å². The number of carbonyl (C=O) groups is 1. The first kappa shape index (κ1) is 16.0. The van der Waals surface area contributed by atoms with Crippen LogP contribution in [0, 0.1) is 18.3 Å². The number of hydrazone groups is 1. The summed E-state index contributed by atoms with van der Waals surface area (Å²) >= 11 is 11.8. The van der Waals surface area contributed by atoms with Gasteiger partial charge >= 0.3 is 0 Å². The van der Waals surface area contributed by atoms with Gasteiger partial charge in [-0.1, -0.05) is 53.0 Å². The number of carbonyl (C=O) groups excluding carboxylic acids is 1. The van der Waals surface area contributed by atoms with E-state index in [0.717, 1.165) is 5.56 Å². The number of ketones is 1. The molecule has 0 radical (unpaired) electrons. The summed E-state index contributed by atoms with van der Waals surface area (Å²) in [4.78, 5) is 12.2. The van der Waals surface area contributed by atoms with Gasteiger partial charge in [0.05, 0.1) is 10.7 Å². The maximum Gasteiger partial charge on any atom is 0.223 e. The molecule has 0 bridgehead atoms. The van der Waals surface area contributed by atoms with Gasteiger partial charge in [0.15, 0.2) is 0 Å². The van der Waals surface area contributed by atoms with E-state index in [1.54, 1.807) is 42.5 Å². The van der Waals surface area contributed by atoms with E-state index < -0.39 is 5.78 Å². The SMILES string of the molecule is Cc1ccc(C(=O)/C(C#N)=N/Nc2ccc(Cl)cc2Cl)cc1. The molecule has 0 atom stereocenters. The molecule has 1 N–H and O–H groups in total. The van der Waals surface area contributed by atoms with Crippen LogP contribution in [0.1, 0.15) is 15.9 Å². The molecule has 22 heavy (non-hydrogen) atoms. The minimum absolute atomic E-state index is 0.255. The second-order valence-electron chi connectivity index (χ2n) is 4.50. The summed E-state index contributed by atoms with van der Waals surface area (Å²) in [5.41, 5.74) is 4.23. The van der Waals surface area contributed by atoms with E-state index in [1.165, 1.54) is 6.07 Å². The molecule has 0 aliphatic rings. The number of halogens is 2. The first-order valence-corrected chi connectivity index (χ1v) is 7.07. The van der Waals surface area contributed by atoms with E-state index >= 15 is 0 Å². The Morgan fingerprint density at radius 2 is 1.86 bits per heavy atom. The first-order chi connectivity index (χ1) is 10.5. The molecule has 0 aliphatic carbocycles. The number of hydrogen-bond acceptors (Lipinski definition) is 4. The van der Waals surface area contributed by atoms with Gasteiger partial charge < -0.3 is 0 Å². The smallest absolute Gasteiger partial charge is 0.223 e. The summed E-state index contributed by atoms with van der Waals surface area (Å²) in [7, 11) is 0. The number of rotatable bonds is 4. The van der Waals surface area contributed by atoms with Crippen LogP contribution < -0.4 is 5.43 Å².